The highest BCUT2D eigenvalue weighted by Gasteiger charge is 2.36. The maximum Gasteiger partial charge on any atom is 0.328 e. The van der Waals surface area contributed by atoms with Gasteiger partial charge in [0.1, 0.15) is 6.04 Å². The van der Waals surface area contributed by atoms with E-state index >= 15 is 0 Å². The van der Waals surface area contributed by atoms with Crippen molar-refractivity contribution in [3.63, 3.8) is 0 Å². The lowest BCUT2D eigenvalue weighted by atomic mass is 10.1. The van der Waals surface area contributed by atoms with Crippen molar-refractivity contribution in [1.82, 2.24) is 0 Å². The van der Waals surface area contributed by atoms with Gasteiger partial charge in [0, 0.05) is 11.3 Å². The molecule has 1 amide bonds. The molecule has 18 heavy (non-hydrogen) atoms. The first-order chi connectivity index (χ1) is 8.61. The Labute approximate surface area is 105 Å². The van der Waals surface area contributed by atoms with Crippen molar-refractivity contribution in [1.29, 1.82) is 0 Å². The van der Waals surface area contributed by atoms with Crippen molar-refractivity contribution in [2.45, 2.75) is 18.9 Å². The Morgan fingerprint density at radius 3 is 2.72 bits per heavy atom. The minimum absolute atomic E-state index is 0.276. The molecule has 0 aromatic heterocycles. The van der Waals surface area contributed by atoms with Crippen LogP contribution < -0.4 is 11.1 Å². The van der Waals surface area contributed by atoms with E-state index in [0.29, 0.717) is 17.2 Å². The van der Waals surface area contributed by atoms with Crippen molar-refractivity contribution in [3.8, 4) is 0 Å². The maximum atomic E-state index is 11.6. The third-order valence-electron chi connectivity index (χ3n) is 3.02. The summed E-state index contributed by atoms with van der Waals surface area (Å²) in [5, 5.41) is 3.10. The molecule has 5 nitrogen and oxygen atoms in total. The number of hydrogen-bond donors (Lipinski definition) is 2. The van der Waals surface area contributed by atoms with Gasteiger partial charge in [-0.05, 0) is 37.0 Å². The highest BCUT2D eigenvalue weighted by Crippen LogP contribution is 2.34. The third kappa shape index (κ3) is 2.80. The lowest BCUT2D eigenvalue weighted by Crippen LogP contribution is -2.32. The van der Waals surface area contributed by atoms with Gasteiger partial charge in [0.25, 0.3) is 0 Å². The van der Waals surface area contributed by atoms with Crippen LogP contribution in [0.5, 0.6) is 0 Å². The van der Waals surface area contributed by atoms with Crippen LogP contribution in [0.25, 0.3) is 0 Å². The molecule has 2 rings (SSSR count). The van der Waals surface area contributed by atoms with Gasteiger partial charge in [0.05, 0.1) is 7.11 Å². The van der Waals surface area contributed by atoms with Gasteiger partial charge in [0.15, 0.2) is 0 Å². The Balaban J connectivity index is 2.13. The van der Waals surface area contributed by atoms with Crippen molar-refractivity contribution >= 4 is 17.6 Å². The number of methoxy groups -OCH3 is 1. The summed E-state index contributed by atoms with van der Waals surface area (Å²) in [6.45, 7) is 0. The molecule has 1 aromatic carbocycles. The fourth-order valence-corrected chi connectivity index (χ4v) is 1.87. The molecule has 0 saturated heterocycles. The van der Waals surface area contributed by atoms with Crippen LogP contribution in [0.1, 0.15) is 23.2 Å². The van der Waals surface area contributed by atoms with Crippen LogP contribution in [-0.4, -0.2) is 25.0 Å². The SMILES string of the molecule is COC(=O)C(Nc1cccc(C(N)=O)c1)C1CC1. The average molecular weight is 248 g/mol. The number of amides is 1. The number of benzene rings is 1. The largest absolute Gasteiger partial charge is 0.467 e. The fourth-order valence-electron chi connectivity index (χ4n) is 1.87. The van der Waals surface area contributed by atoms with Crippen LogP contribution in [0.2, 0.25) is 0 Å². The first kappa shape index (κ1) is 12.4. The molecule has 3 N–H and O–H groups in total. The highest BCUT2D eigenvalue weighted by molar-refractivity contribution is 5.94. The summed E-state index contributed by atoms with van der Waals surface area (Å²) >= 11 is 0. The molecule has 0 spiro atoms. The summed E-state index contributed by atoms with van der Waals surface area (Å²) < 4.78 is 4.77. The van der Waals surface area contributed by atoms with Gasteiger partial charge in [-0.25, -0.2) is 4.79 Å². The number of rotatable bonds is 5. The first-order valence-corrected chi connectivity index (χ1v) is 5.86. The molecule has 1 aliphatic rings. The van der Waals surface area contributed by atoms with Crippen molar-refractivity contribution < 1.29 is 14.3 Å². The van der Waals surface area contributed by atoms with Crippen LogP contribution in [0, 0.1) is 5.92 Å². The molecular formula is C13H16N2O3. The monoisotopic (exact) mass is 248 g/mol. The molecule has 0 bridgehead atoms. The molecule has 5 heteroatoms. The second-order valence-corrected chi connectivity index (χ2v) is 4.43. The molecule has 1 fully saturated rings. The average Bonchev–Trinajstić information content (AvgIpc) is 3.19. The Hall–Kier alpha value is -2.04. The summed E-state index contributed by atoms with van der Waals surface area (Å²) in [5.74, 6) is -0.448. The van der Waals surface area contributed by atoms with E-state index in [-0.39, 0.29) is 12.0 Å². The van der Waals surface area contributed by atoms with Gasteiger partial charge < -0.3 is 15.8 Å². The first-order valence-electron chi connectivity index (χ1n) is 5.86. The van der Waals surface area contributed by atoms with E-state index in [2.05, 4.69) is 5.32 Å². The number of hydrogen-bond acceptors (Lipinski definition) is 4. The van der Waals surface area contributed by atoms with Crippen LogP contribution >= 0.6 is 0 Å². The molecule has 0 aliphatic heterocycles. The number of carbonyl (C=O) groups excluding carboxylic acids is 2. The van der Waals surface area contributed by atoms with Gasteiger partial charge in [-0.2, -0.15) is 0 Å². The summed E-state index contributed by atoms with van der Waals surface area (Å²) in [6.07, 6.45) is 2.03. The van der Waals surface area contributed by atoms with Gasteiger partial charge in [-0.1, -0.05) is 6.07 Å². The molecule has 1 atom stereocenters. The minimum Gasteiger partial charge on any atom is -0.467 e. The summed E-state index contributed by atoms with van der Waals surface area (Å²) in [5.41, 5.74) is 6.33. The van der Waals surface area contributed by atoms with Gasteiger partial charge in [-0.3, -0.25) is 4.79 Å². The Morgan fingerprint density at radius 1 is 1.44 bits per heavy atom. The van der Waals surface area contributed by atoms with Gasteiger partial charge in [-0.15, -0.1) is 0 Å². The smallest absolute Gasteiger partial charge is 0.328 e. The summed E-state index contributed by atoms with van der Waals surface area (Å²) in [7, 11) is 1.37. The molecule has 0 heterocycles. The number of nitrogens with one attached hydrogen (secondary N) is 1. The normalized spacial score (nSPS) is 15.8. The quantitative estimate of drug-likeness (QED) is 0.766. The number of anilines is 1. The molecule has 1 saturated carbocycles. The van der Waals surface area contributed by atoms with Crippen molar-refractivity contribution in [2.24, 2.45) is 11.7 Å². The second-order valence-electron chi connectivity index (χ2n) is 4.43. The van der Waals surface area contributed by atoms with E-state index in [1.807, 2.05) is 0 Å². The van der Waals surface area contributed by atoms with E-state index in [4.69, 9.17) is 10.5 Å². The third-order valence-corrected chi connectivity index (χ3v) is 3.02. The zero-order chi connectivity index (χ0) is 13.1. The number of ether oxygens (including phenoxy) is 1. The minimum atomic E-state index is -0.486. The Kier molecular flexibility index (Phi) is 3.50. The zero-order valence-corrected chi connectivity index (χ0v) is 10.2. The second kappa shape index (κ2) is 5.08. The predicted molar refractivity (Wildman–Crippen MR) is 67.1 cm³/mol. The lowest BCUT2D eigenvalue weighted by molar-refractivity contribution is -0.142. The van der Waals surface area contributed by atoms with E-state index < -0.39 is 5.91 Å². The number of nitrogens with two attached hydrogens (primary N) is 1. The molecule has 1 aliphatic carbocycles. The van der Waals surface area contributed by atoms with E-state index in [1.54, 1.807) is 24.3 Å². The maximum absolute atomic E-state index is 11.6. The van der Waals surface area contributed by atoms with Crippen molar-refractivity contribution in [3.05, 3.63) is 29.8 Å². The van der Waals surface area contributed by atoms with Crippen LogP contribution in [0.15, 0.2) is 24.3 Å². The fraction of sp³-hybridized carbons (Fsp3) is 0.385. The Morgan fingerprint density at radius 2 is 2.17 bits per heavy atom. The predicted octanol–water partition coefficient (Wildman–Crippen LogP) is 1.15. The van der Waals surface area contributed by atoms with Crippen LogP contribution in [0.3, 0.4) is 0 Å². The van der Waals surface area contributed by atoms with Gasteiger partial charge in [0.2, 0.25) is 5.91 Å². The lowest BCUT2D eigenvalue weighted by Gasteiger charge is -2.17. The Bertz CT molecular complexity index is 469. The molecular weight excluding hydrogens is 232 g/mol. The molecule has 0 radical (unpaired) electrons. The van der Waals surface area contributed by atoms with E-state index in [1.165, 1.54) is 7.11 Å². The molecule has 96 valence electrons. The topological polar surface area (TPSA) is 81.4 Å². The highest BCUT2D eigenvalue weighted by atomic mass is 16.5. The van der Waals surface area contributed by atoms with Crippen molar-refractivity contribution in [2.75, 3.05) is 12.4 Å². The summed E-state index contributed by atoms with van der Waals surface area (Å²) in [6, 6.07) is 6.45. The van der Waals surface area contributed by atoms with Crippen LogP contribution in [-0.2, 0) is 9.53 Å². The van der Waals surface area contributed by atoms with Crippen LogP contribution in [0.4, 0.5) is 5.69 Å². The molecule has 1 unspecified atom stereocenters. The molecule has 1 aromatic rings. The number of esters is 1. The number of carbonyl (C=O) groups is 2. The zero-order valence-electron chi connectivity index (χ0n) is 10.2. The standard InChI is InChI=1S/C13H16N2O3/c1-18-13(17)11(8-5-6-8)15-10-4-2-3-9(7-10)12(14)16/h2-4,7-8,11,15H,5-6H2,1H3,(H2,14,16). The number of primary amides is 1. The summed E-state index contributed by atoms with van der Waals surface area (Å²) in [4.78, 5) is 22.7. The van der Waals surface area contributed by atoms with E-state index in [9.17, 15) is 9.59 Å². The van der Waals surface area contributed by atoms with E-state index in [0.717, 1.165) is 12.8 Å². The van der Waals surface area contributed by atoms with Gasteiger partial charge >= 0.3 is 5.97 Å².